The summed E-state index contributed by atoms with van der Waals surface area (Å²) in [4.78, 5) is 12.5. The number of carbonyl (C=O) groups is 1. The van der Waals surface area contributed by atoms with Crippen molar-refractivity contribution in [3.05, 3.63) is 52.5 Å². The largest absolute Gasteiger partial charge is 0.493 e. The SMILES string of the molecule is CCCOc1ccc(Br)cc1C(=O)Nc1ccc(S(N)(=O)=O)cc1. The fourth-order valence-electron chi connectivity index (χ4n) is 1.94. The number of carbonyl (C=O) groups excluding carboxylic acids is 1. The highest BCUT2D eigenvalue weighted by molar-refractivity contribution is 9.10. The predicted octanol–water partition coefficient (Wildman–Crippen LogP) is 3.14. The molecule has 0 aliphatic rings. The number of halogens is 1. The van der Waals surface area contributed by atoms with Gasteiger partial charge in [0.15, 0.2) is 0 Å². The number of anilines is 1. The zero-order valence-electron chi connectivity index (χ0n) is 13.0. The molecule has 1 amide bonds. The van der Waals surface area contributed by atoms with Crippen molar-refractivity contribution in [1.82, 2.24) is 0 Å². The molecule has 2 aromatic rings. The lowest BCUT2D eigenvalue weighted by Crippen LogP contribution is -2.15. The van der Waals surface area contributed by atoms with Gasteiger partial charge < -0.3 is 10.1 Å². The fourth-order valence-corrected chi connectivity index (χ4v) is 2.82. The van der Waals surface area contributed by atoms with Crippen LogP contribution in [0.4, 0.5) is 5.69 Å². The molecular weight excluding hydrogens is 396 g/mol. The maximum Gasteiger partial charge on any atom is 0.259 e. The van der Waals surface area contributed by atoms with Gasteiger partial charge in [0, 0.05) is 10.2 Å². The smallest absolute Gasteiger partial charge is 0.259 e. The zero-order chi connectivity index (χ0) is 17.7. The Morgan fingerprint density at radius 2 is 1.88 bits per heavy atom. The van der Waals surface area contributed by atoms with E-state index in [1.54, 1.807) is 18.2 Å². The van der Waals surface area contributed by atoms with Crippen molar-refractivity contribution < 1.29 is 17.9 Å². The zero-order valence-corrected chi connectivity index (χ0v) is 15.4. The summed E-state index contributed by atoms with van der Waals surface area (Å²) in [6.45, 7) is 2.48. The van der Waals surface area contributed by atoms with Gasteiger partial charge >= 0.3 is 0 Å². The normalized spacial score (nSPS) is 11.1. The van der Waals surface area contributed by atoms with E-state index in [1.165, 1.54) is 24.3 Å². The summed E-state index contributed by atoms with van der Waals surface area (Å²) in [6, 6.07) is 10.8. The van der Waals surface area contributed by atoms with Crippen LogP contribution in [0.2, 0.25) is 0 Å². The molecule has 0 aromatic heterocycles. The van der Waals surface area contributed by atoms with E-state index in [-0.39, 0.29) is 10.8 Å². The summed E-state index contributed by atoms with van der Waals surface area (Å²) in [5, 5.41) is 7.75. The monoisotopic (exact) mass is 412 g/mol. The van der Waals surface area contributed by atoms with Crippen molar-refractivity contribution in [2.75, 3.05) is 11.9 Å². The first-order valence-electron chi connectivity index (χ1n) is 7.18. The van der Waals surface area contributed by atoms with E-state index >= 15 is 0 Å². The van der Waals surface area contributed by atoms with Gasteiger partial charge in [-0.3, -0.25) is 4.79 Å². The molecule has 0 saturated carbocycles. The minimum Gasteiger partial charge on any atom is -0.493 e. The Labute approximate surface area is 149 Å². The Balaban J connectivity index is 2.22. The summed E-state index contributed by atoms with van der Waals surface area (Å²) in [5.41, 5.74) is 0.835. The summed E-state index contributed by atoms with van der Waals surface area (Å²) < 4.78 is 28.8. The van der Waals surface area contributed by atoms with E-state index in [1.807, 2.05) is 6.92 Å². The number of hydrogen-bond acceptors (Lipinski definition) is 4. The van der Waals surface area contributed by atoms with E-state index < -0.39 is 10.0 Å². The molecule has 6 nitrogen and oxygen atoms in total. The topological polar surface area (TPSA) is 98.5 Å². The Kier molecular flexibility index (Phi) is 5.98. The summed E-state index contributed by atoms with van der Waals surface area (Å²) in [5.74, 6) is 0.129. The van der Waals surface area contributed by atoms with Gasteiger partial charge in [-0.2, -0.15) is 0 Å². The molecule has 24 heavy (non-hydrogen) atoms. The fraction of sp³-hybridized carbons (Fsp3) is 0.188. The first-order valence-corrected chi connectivity index (χ1v) is 9.51. The Bertz CT molecular complexity index is 836. The van der Waals surface area contributed by atoms with Crippen LogP contribution in [0.3, 0.4) is 0 Å². The molecule has 0 atom stereocenters. The Morgan fingerprint density at radius 3 is 2.46 bits per heavy atom. The van der Waals surface area contributed by atoms with Gasteiger partial charge in [0.25, 0.3) is 5.91 Å². The number of hydrogen-bond donors (Lipinski definition) is 2. The van der Waals surface area contributed by atoms with Gasteiger partial charge in [0.1, 0.15) is 5.75 Å². The van der Waals surface area contributed by atoms with Gasteiger partial charge in [-0.25, -0.2) is 13.6 Å². The average molecular weight is 413 g/mol. The predicted molar refractivity (Wildman–Crippen MR) is 95.7 cm³/mol. The van der Waals surface area contributed by atoms with Gasteiger partial charge in [0.2, 0.25) is 10.0 Å². The van der Waals surface area contributed by atoms with Crippen LogP contribution in [0, 0.1) is 0 Å². The van der Waals surface area contributed by atoms with E-state index in [9.17, 15) is 13.2 Å². The number of nitrogens with two attached hydrogens (primary N) is 1. The molecule has 0 aliphatic carbocycles. The maximum atomic E-state index is 12.5. The number of nitrogens with one attached hydrogen (secondary N) is 1. The summed E-state index contributed by atoms with van der Waals surface area (Å²) in [6.07, 6.45) is 0.826. The summed E-state index contributed by atoms with van der Waals surface area (Å²) >= 11 is 3.33. The van der Waals surface area contributed by atoms with Gasteiger partial charge in [-0.05, 0) is 48.9 Å². The van der Waals surface area contributed by atoms with Crippen LogP contribution < -0.4 is 15.2 Å². The molecule has 8 heteroatoms. The molecule has 0 fully saturated rings. The average Bonchev–Trinajstić information content (AvgIpc) is 2.53. The first kappa shape index (κ1) is 18.4. The molecule has 0 unspecified atom stereocenters. The second-order valence-electron chi connectivity index (χ2n) is 5.01. The third-order valence-electron chi connectivity index (χ3n) is 3.09. The second kappa shape index (κ2) is 7.78. The van der Waals surface area contributed by atoms with Gasteiger partial charge in [-0.15, -0.1) is 0 Å². The third kappa shape index (κ3) is 4.80. The molecule has 128 valence electrons. The molecule has 2 aromatic carbocycles. The lowest BCUT2D eigenvalue weighted by molar-refractivity contribution is 0.102. The molecule has 2 rings (SSSR count). The Hall–Kier alpha value is -1.90. The van der Waals surface area contributed by atoms with Crippen LogP contribution in [-0.4, -0.2) is 20.9 Å². The van der Waals surface area contributed by atoms with E-state index in [0.717, 1.165) is 10.9 Å². The van der Waals surface area contributed by atoms with E-state index in [0.29, 0.717) is 23.6 Å². The lowest BCUT2D eigenvalue weighted by Gasteiger charge is -2.12. The highest BCUT2D eigenvalue weighted by Gasteiger charge is 2.14. The minimum atomic E-state index is -3.76. The molecule has 0 heterocycles. The lowest BCUT2D eigenvalue weighted by atomic mass is 10.2. The molecule has 0 bridgehead atoms. The quantitative estimate of drug-likeness (QED) is 0.760. The van der Waals surface area contributed by atoms with Gasteiger partial charge in [0.05, 0.1) is 17.1 Å². The first-order chi connectivity index (χ1) is 11.3. The van der Waals surface area contributed by atoms with Crippen LogP contribution >= 0.6 is 15.9 Å². The molecular formula is C16H17BrN2O4S. The Morgan fingerprint density at radius 1 is 1.21 bits per heavy atom. The molecule has 0 radical (unpaired) electrons. The standard InChI is InChI=1S/C16H17BrN2O4S/c1-2-9-23-15-8-3-11(17)10-14(15)16(20)19-12-4-6-13(7-5-12)24(18,21)22/h3-8,10H,2,9H2,1H3,(H,19,20)(H2,18,21,22). The van der Waals surface area contributed by atoms with Crippen molar-refractivity contribution in [3.8, 4) is 5.75 Å². The molecule has 0 spiro atoms. The number of ether oxygens (including phenoxy) is 1. The summed E-state index contributed by atoms with van der Waals surface area (Å²) in [7, 11) is -3.76. The van der Waals surface area contributed by atoms with Crippen LogP contribution in [0.5, 0.6) is 5.75 Å². The van der Waals surface area contributed by atoms with E-state index in [4.69, 9.17) is 9.88 Å². The van der Waals surface area contributed by atoms with Crippen molar-refractivity contribution >= 4 is 37.5 Å². The maximum absolute atomic E-state index is 12.5. The van der Waals surface area contributed by atoms with Crippen molar-refractivity contribution in [1.29, 1.82) is 0 Å². The number of amides is 1. The van der Waals surface area contributed by atoms with Crippen molar-refractivity contribution in [2.24, 2.45) is 5.14 Å². The van der Waals surface area contributed by atoms with Crippen LogP contribution in [-0.2, 0) is 10.0 Å². The highest BCUT2D eigenvalue weighted by atomic mass is 79.9. The highest BCUT2D eigenvalue weighted by Crippen LogP contribution is 2.25. The van der Waals surface area contributed by atoms with Crippen LogP contribution in [0.25, 0.3) is 0 Å². The molecule has 3 N–H and O–H groups in total. The minimum absolute atomic E-state index is 0.0186. The number of primary sulfonamides is 1. The number of benzene rings is 2. The molecule has 0 aliphatic heterocycles. The van der Waals surface area contributed by atoms with E-state index in [2.05, 4.69) is 21.2 Å². The second-order valence-corrected chi connectivity index (χ2v) is 7.49. The van der Waals surface area contributed by atoms with Crippen LogP contribution in [0.15, 0.2) is 51.8 Å². The van der Waals surface area contributed by atoms with Crippen molar-refractivity contribution in [2.45, 2.75) is 18.2 Å². The van der Waals surface area contributed by atoms with Gasteiger partial charge in [-0.1, -0.05) is 22.9 Å². The van der Waals surface area contributed by atoms with Crippen molar-refractivity contribution in [3.63, 3.8) is 0 Å². The van der Waals surface area contributed by atoms with Crippen LogP contribution in [0.1, 0.15) is 23.7 Å². The number of rotatable bonds is 6. The number of sulfonamides is 1. The third-order valence-corrected chi connectivity index (χ3v) is 4.51. The molecule has 0 saturated heterocycles.